The third-order valence-electron chi connectivity index (χ3n) is 2.22. The van der Waals surface area contributed by atoms with Crippen LogP contribution < -0.4 is 11.1 Å². The smallest absolute Gasteiger partial charge is 0.220 e. The highest BCUT2D eigenvalue weighted by atomic mass is 16.5. The summed E-state index contributed by atoms with van der Waals surface area (Å²) in [5.74, 6) is 1.07. The molecule has 5 heteroatoms. The van der Waals surface area contributed by atoms with Gasteiger partial charge in [-0.3, -0.25) is 4.79 Å². The van der Waals surface area contributed by atoms with Crippen LogP contribution in [0.25, 0.3) is 0 Å². The van der Waals surface area contributed by atoms with Gasteiger partial charge in [0.15, 0.2) is 5.76 Å². The molecule has 1 aromatic heterocycles. The van der Waals surface area contributed by atoms with Gasteiger partial charge in [0.05, 0.1) is 12.7 Å². The Bertz CT molecular complexity index is 285. The molecule has 1 amide bonds. The van der Waals surface area contributed by atoms with E-state index in [-0.39, 0.29) is 5.91 Å². The summed E-state index contributed by atoms with van der Waals surface area (Å²) < 4.78 is 4.85. The lowest BCUT2D eigenvalue weighted by Gasteiger charge is -2.07. The van der Waals surface area contributed by atoms with Gasteiger partial charge >= 0.3 is 0 Å². The van der Waals surface area contributed by atoms with Gasteiger partial charge in [-0.15, -0.1) is 0 Å². The predicted molar refractivity (Wildman–Crippen MR) is 55.8 cm³/mol. The lowest BCUT2D eigenvalue weighted by Crippen LogP contribution is -2.23. The van der Waals surface area contributed by atoms with Gasteiger partial charge in [0.2, 0.25) is 5.91 Å². The van der Waals surface area contributed by atoms with Crippen LogP contribution in [0.15, 0.2) is 16.8 Å². The van der Waals surface area contributed by atoms with Crippen LogP contribution >= 0.6 is 0 Å². The van der Waals surface area contributed by atoms with Crippen molar-refractivity contribution in [3.8, 4) is 0 Å². The Morgan fingerprint density at radius 2 is 2.53 bits per heavy atom. The summed E-state index contributed by atoms with van der Waals surface area (Å²) in [7, 11) is 0. The highest BCUT2D eigenvalue weighted by Crippen LogP contribution is 2.03. The van der Waals surface area contributed by atoms with E-state index in [0.29, 0.717) is 31.2 Å². The highest BCUT2D eigenvalue weighted by Gasteiger charge is 2.05. The molecule has 0 saturated heterocycles. The van der Waals surface area contributed by atoms with Crippen molar-refractivity contribution in [2.45, 2.75) is 26.3 Å². The number of nitrogens with one attached hydrogen (secondary N) is 1. The van der Waals surface area contributed by atoms with E-state index in [2.05, 4.69) is 10.5 Å². The van der Waals surface area contributed by atoms with Crippen LogP contribution in [0.3, 0.4) is 0 Å². The minimum Gasteiger partial charge on any atom is -0.360 e. The quantitative estimate of drug-likeness (QED) is 0.724. The Kier molecular flexibility index (Phi) is 4.83. The fourth-order valence-electron chi connectivity index (χ4n) is 1.10. The fourth-order valence-corrected chi connectivity index (χ4v) is 1.10. The summed E-state index contributed by atoms with van der Waals surface area (Å²) in [4.78, 5) is 11.3. The number of nitrogens with two attached hydrogens (primary N) is 1. The molecular weight excluding hydrogens is 194 g/mol. The van der Waals surface area contributed by atoms with Crippen molar-refractivity contribution in [2.75, 3.05) is 6.54 Å². The molecule has 1 atom stereocenters. The number of rotatable bonds is 6. The van der Waals surface area contributed by atoms with Gasteiger partial charge in [-0.1, -0.05) is 12.1 Å². The van der Waals surface area contributed by atoms with Crippen molar-refractivity contribution < 1.29 is 9.32 Å². The Morgan fingerprint density at radius 3 is 3.13 bits per heavy atom. The summed E-state index contributed by atoms with van der Waals surface area (Å²) in [6.45, 7) is 3.05. The zero-order valence-electron chi connectivity index (χ0n) is 8.90. The first-order valence-electron chi connectivity index (χ1n) is 5.08. The fraction of sp³-hybridized carbons (Fsp3) is 0.600. The molecule has 1 rings (SSSR count). The average Bonchev–Trinajstić information content (AvgIpc) is 2.75. The lowest BCUT2D eigenvalue weighted by atomic mass is 10.1. The molecule has 0 spiro atoms. The van der Waals surface area contributed by atoms with Crippen LogP contribution in [0.1, 0.15) is 25.5 Å². The molecule has 1 heterocycles. The van der Waals surface area contributed by atoms with Crippen molar-refractivity contribution >= 4 is 5.91 Å². The van der Waals surface area contributed by atoms with Crippen LogP contribution in [0.4, 0.5) is 0 Å². The molecule has 0 aliphatic rings. The van der Waals surface area contributed by atoms with Crippen LogP contribution in [0, 0.1) is 5.92 Å². The second-order valence-electron chi connectivity index (χ2n) is 3.64. The number of nitrogens with zero attached hydrogens (tertiary/aromatic N) is 1. The van der Waals surface area contributed by atoms with Crippen molar-refractivity contribution in [3.05, 3.63) is 18.0 Å². The number of amides is 1. The van der Waals surface area contributed by atoms with Crippen molar-refractivity contribution in [2.24, 2.45) is 11.7 Å². The van der Waals surface area contributed by atoms with Crippen LogP contribution in [-0.2, 0) is 11.3 Å². The van der Waals surface area contributed by atoms with Crippen molar-refractivity contribution in [1.29, 1.82) is 0 Å². The maximum absolute atomic E-state index is 11.3. The molecule has 15 heavy (non-hydrogen) atoms. The van der Waals surface area contributed by atoms with Gasteiger partial charge in [0.1, 0.15) is 0 Å². The standard InChI is InChI=1S/C10H17N3O2/c1-8(6-11)2-3-10(14)12-7-9-4-5-13-15-9/h4-5,8H,2-3,6-7,11H2,1H3,(H,12,14). The monoisotopic (exact) mass is 211 g/mol. The normalized spacial score (nSPS) is 12.4. The minimum absolute atomic E-state index is 0.0201. The first kappa shape index (κ1) is 11.7. The minimum atomic E-state index is 0.0201. The van der Waals surface area contributed by atoms with E-state index < -0.39 is 0 Å². The average molecular weight is 211 g/mol. The molecule has 1 aromatic rings. The Labute approximate surface area is 89.0 Å². The van der Waals surface area contributed by atoms with Gasteiger partial charge in [0, 0.05) is 12.5 Å². The molecule has 84 valence electrons. The molecule has 0 saturated carbocycles. The van der Waals surface area contributed by atoms with E-state index in [0.717, 1.165) is 6.42 Å². The number of hydrogen-bond donors (Lipinski definition) is 2. The summed E-state index contributed by atoms with van der Waals surface area (Å²) in [6, 6.07) is 1.72. The Balaban J connectivity index is 2.14. The van der Waals surface area contributed by atoms with Gasteiger partial charge in [-0.25, -0.2) is 0 Å². The molecule has 3 N–H and O–H groups in total. The lowest BCUT2D eigenvalue weighted by molar-refractivity contribution is -0.121. The maximum Gasteiger partial charge on any atom is 0.220 e. The van der Waals surface area contributed by atoms with E-state index >= 15 is 0 Å². The number of carbonyl (C=O) groups is 1. The summed E-state index contributed by atoms with van der Waals surface area (Å²) in [6.07, 6.45) is 2.88. The third kappa shape index (κ3) is 4.60. The topological polar surface area (TPSA) is 81.2 Å². The van der Waals surface area contributed by atoms with Gasteiger partial charge in [0.25, 0.3) is 0 Å². The second kappa shape index (κ2) is 6.19. The molecule has 0 bridgehead atoms. The molecule has 0 fully saturated rings. The third-order valence-corrected chi connectivity index (χ3v) is 2.22. The molecule has 0 aromatic carbocycles. The van der Waals surface area contributed by atoms with Gasteiger partial charge in [-0.05, 0) is 18.9 Å². The van der Waals surface area contributed by atoms with Gasteiger partial charge < -0.3 is 15.6 Å². The van der Waals surface area contributed by atoms with Crippen molar-refractivity contribution in [3.63, 3.8) is 0 Å². The SMILES string of the molecule is CC(CN)CCC(=O)NCc1ccno1. The van der Waals surface area contributed by atoms with E-state index in [9.17, 15) is 4.79 Å². The summed E-state index contributed by atoms with van der Waals surface area (Å²) in [5.41, 5.74) is 5.45. The summed E-state index contributed by atoms with van der Waals surface area (Å²) >= 11 is 0. The van der Waals surface area contributed by atoms with Gasteiger partial charge in [-0.2, -0.15) is 0 Å². The largest absolute Gasteiger partial charge is 0.360 e. The second-order valence-corrected chi connectivity index (χ2v) is 3.64. The number of aromatic nitrogens is 1. The van der Waals surface area contributed by atoms with E-state index in [1.165, 1.54) is 0 Å². The maximum atomic E-state index is 11.3. The highest BCUT2D eigenvalue weighted by molar-refractivity contribution is 5.75. The first-order valence-corrected chi connectivity index (χ1v) is 5.08. The Hall–Kier alpha value is -1.36. The van der Waals surface area contributed by atoms with Crippen LogP contribution in [-0.4, -0.2) is 17.6 Å². The Morgan fingerprint density at radius 1 is 1.73 bits per heavy atom. The molecule has 0 aliphatic heterocycles. The molecule has 1 unspecified atom stereocenters. The molecule has 5 nitrogen and oxygen atoms in total. The summed E-state index contributed by atoms with van der Waals surface area (Å²) in [5, 5.41) is 6.30. The zero-order chi connectivity index (χ0) is 11.1. The zero-order valence-corrected chi connectivity index (χ0v) is 8.90. The molecule has 0 aliphatic carbocycles. The number of carbonyl (C=O) groups excluding carboxylic acids is 1. The van der Waals surface area contributed by atoms with E-state index in [1.54, 1.807) is 12.3 Å². The predicted octanol–water partition coefficient (Wildman–Crippen LogP) is 0.666. The molecule has 0 radical (unpaired) electrons. The molecular formula is C10H17N3O2. The first-order chi connectivity index (χ1) is 7.22. The number of hydrogen-bond acceptors (Lipinski definition) is 4. The van der Waals surface area contributed by atoms with Crippen molar-refractivity contribution in [1.82, 2.24) is 10.5 Å². The van der Waals surface area contributed by atoms with Crippen LogP contribution in [0.5, 0.6) is 0 Å². The van der Waals surface area contributed by atoms with E-state index in [1.807, 2.05) is 6.92 Å². The van der Waals surface area contributed by atoms with E-state index in [4.69, 9.17) is 10.3 Å². The van der Waals surface area contributed by atoms with Crippen LogP contribution in [0.2, 0.25) is 0 Å².